The number of hydrogen-bond donors (Lipinski definition) is 1. The minimum atomic E-state index is -0.308. The van der Waals surface area contributed by atoms with Crippen LogP contribution in [-0.4, -0.2) is 19.2 Å². The second kappa shape index (κ2) is 8.01. The summed E-state index contributed by atoms with van der Waals surface area (Å²) in [5.41, 5.74) is 5.08. The van der Waals surface area contributed by atoms with Crippen molar-refractivity contribution >= 4 is 28.1 Å². The maximum absolute atomic E-state index is 12.0. The van der Waals surface area contributed by atoms with Gasteiger partial charge in [0.05, 0.1) is 13.3 Å². The van der Waals surface area contributed by atoms with Gasteiger partial charge in [0.15, 0.2) is 0 Å². The van der Waals surface area contributed by atoms with Crippen molar-refractivity contribution in [1.29, 1.82) is 0 Å². The van der Waals surface area contributed by atoms with Crippen LogP contribution in [0.1, 0.15) is 21.7 Å². The summed E-state index contributed by atoms with van der Waals surface area (Å²) in [5, 5.41) is 3.94. The molecule has 5 nitrogen and oxygen atoms in total. The summed E-state index contributed by atoms with van der Waals surface area (Å²) in [6, 6.07) is 16.5. The summed E-state index contributed by atoms with van der Waals surface area (Å²) in [7, 11) is 1.58. The van der Waals surface area contributed by atoms with Gasteiger partial charge in [-0.15, -0.1) is 0 Å². The number of benzene rings is 2. The van der Waals surface area contributed by atoms with Crippen LogP contribution in [0, 0.1) is 6.92 Å². The number of hydrogen-bond acceptors (Lipinski definition) is 4. The fourth-order valence-electron chi connectivity index (χ4n) is 2.35. The van der Waals surface area contributed by atoms with E-state index in [2.05, 4.69) is 26.5 Å². The number of nitrogens with one attached hydrogen (secondary N) is 1. The molecule has 0 saturated carbocycles. The van der Waals surface area contributed by atoms with Crippen LogP contribution >= 0.6 is 15.9 Å². The van der Waals surface area contributed by atoms with E-state index in [1.165, 1.54) is 6.21 Å². The van der Waals surface area contributed by atoms with Gasteiger partial charge in [-0.1, -0.05) is 22.0 Å². The van der Waals surface area contributed by atoms with Gasteiger partial charge in [-0.25, -0.2) is 5.43 Å². The number of halogens is 1. The van der Waals surface area contributed by atoms with Crippen molar-refractivity contribution in [2.24, 2.45) is 5.10 Å². The number of furan rings is 1. The summed E-state index contributed by atoms with van der Waals surface area (Å²) in [4.78, 5) is 12.0. The molecule has 0 aliphatic heterocycles. The monoisotopic (exact) mass is 412 g/mol. The number of rotatable bonds is 5. The van der Waals surface area contributed by atoms with E-state index >= 15 is 0 Å². The Bertz CT molecular complexity index is 946. The van der Waals surface area contributed by atoms with Gasteiger partial charge in [-0.2, -0.15) is 5.10 Å². The standard InChI is InChI=1S/C20H17BrN2O3/c1-13-3-9-17(18(21)11-13)19-10-8-16(26-19)12-22-23-20(24)14-4-6-15(25-2)7-5-14/h3-12H,1-2H3,(H,23,24)/b22-12-. The van der Waals surface area contributed by atoms with E-state index in [-0.39, 0.29) is 5.91 Å². The Morgan fingerprint density at radius 3 is 2.62 bits per heavy atom. The molecule has 1 N–H and O–H groups in total. The lowest BCUT2D eigenvalue weighted by atomic mass is 10.1. The minimum absolute atomic E-state index is 0.308. The Hall–Kier alpha value is -2.86. The van der Waals surface area contributed by atoms with E-state index in [0.29, 0.717) is 17.1 Å². The lowest BCUT2D eigenvalue weighted by molar-refractivity contribution is 0.0955. The number of amides is 1. The molecule has 0 spiro atoms. The molecule has 0 fully saturated rings. The molecule has 3 aromatic rings. The first kappa shape index (κ1) is 17.9. The summed E-state index contributed by atoms with van der Waals surface area (Å²) in [6.45, 7) is 2.03. The highest BCUT2D eigenvalue weighted by molar-refractivity contribution is 9.10. The quantitative estimate of drug-likeness (QED) is 0.483. The zero-order chi connectivity index (χ0) is 18.5. The molecule has 1 amide bonds. The topological polar surface area (TPSA) is 63.8 Å². The molecule has 0 bridgehead atoms. The molecule has 26 heavy (non-hydrogen) atoms. The highest BCUT2D eigenvalue weighted by Crippen LogP contribution is 2.30. The second-order valence-corrected chi connectivity index (χ2v) is 6.47. The lowest BCUT2D eigenvalue weighted by Gasteiger charge is -2.02. The van der Waals surface area contributed by atoms with E-state index in [1.54, 1.807) is 37.4 Å². The molecule has 1 heterocycles. The van der Waals surface area contributed by atoms with Gasteiger partial charge in [-0.05, 0) is 61.0 Å². The van der Waals surface area contributed by atoms with Crippen molar-refractivity contribution in [1.82, 2.24) is 5.43 Å². The van der Waals surface area contributed by atoms with Crippen molar-refractivity contribution in [3.05, 3.63) is 76.0 Å². The third kappa shape index (κ3) is 4.21. The molecule has 0 aliphatic carbocycles. The Balaban J connectivity index is 1.65. The van der Waals surface area contributed by atoms with E-state index < -0.39 is 0 Å². The first-order valence-electron chi connectivity index (χ1n) is 7.90. The van der Waals surface area contributed by atoms with Crippen LogP contribution in [0.5, 0.6) is 5.75 Å². The molecular formula is C20H17BrN2O3. The van der Waals surface area contributed by atoms with Gasteiger partial charge in [0.25, 0.3) is 5.91 Å². The van der Waals surface area contributed by atoms with Gasteiger partial charge >= 0.3 is 0 Å². The van der Waals surface area contributed by atoms with Crippen LogP contribution in [0.4, 0.5) is 0 Å². The Labute approximate surface area is 159 Å². The molecule has 6 heteroatoms. The zero-order valence-corrected chi connectivity index (χ0v) is 15.9. The van der Waals surface area contributed by atoms with Gasteiger partial charge in [0, 0.05) is 15.6 Å². The van der Waals surface area contributed by atoms with Crippen molar-refractivity contribution in [2.45, 2.75) is 6.92 Å². The fourth-order valence-corrected chi connectivity index (χ4v) is 3.04. The average Bonchev–Trinajstić information content (AvgIpc) is 3.10. The van der Waals surface area contributed by atoms with Crippen LogP contribution in [-0.2, 0) is 0 Å². The van der Waals surface area contributed by atoms with E-state index in [0.717, 1.165) is 21.4 Å². The predicted octanol–water partition coefficient (Wildman–Crippen LogP) is 4.79. The van der Waals surface area contributed by atoms with Crippen LogP contribution in [0.3, 0.4) is 0 Å². The molecule has 0 radical (unpaired) electrons. The largest absolute Gasteiger partial charge is 0.497 e. The van der Waals surface area contributed by atoms with E-state index in [4.69, 9.17) is 9.15 Å². The molecule has 0 aliphatic rings. The van der Waals surface area contributed by atoms with Crippen LogP contribution in [0.25, 0.3) is 11.3 Å². The van der Waals surface area contributed by atoms with Crippen molar-refractivity contribution in [2.75, 3.05) is 7.11 Å². The molecule has 0 unspecified atom stereocenters. The number of nitrogens with zero attached hydrogens (tertiary/aromatic N) is 1. The van der Waals surface area contributed by atoms with Gasteiger partial charge < -0.3 is 9.15 Å². The van der Waals surface area contributed by atoms with Crippen LogP contribution in [0.2, 0.25) is 0 Å². The van der Waals surface area contributed by atoms with Crippen molar-refractivity contribution in [3.63, 3.8) is 0 Å². The predicted molar refractivity (Wildman–Crippen MR) is 105 cm³/mol. The Morgan fingerprint density at radius 1 is 1.15 bits per heavy atom. The molecular weight excluding hydrogens is 396 g/mol. The van der Waals surface area contributed by atoms with Gasteiger partial charge in [0.2, 0.25) is 0 Å². The maximum Gasteiger partial charge on any atom is 0.271 e. The summed E-state index contributed by atoms with van der Waals surface area (Å²) < 4.78 is 11.8. The van der Waals surface area contributed by atoms with Gasteiger partial charge in [0.1, 0.15) is 17.3 Å². The van der Waals surface area contributed by atoms with Crippen LogP contribution < -0.4 is 10.2 Å². The lowest BCUT2D eigenvalue weighted by Crippen LogP contribution is -2.17. The van der Waals surface area contributed by atoms with E-state index in [9.17, 15) is 4.79 Å². The molecule has 2 aromatic carbocycles. The van der Waals surface area contributed by atoms with Crippen LogP contribution in [0.15, 0.2) is 68.6 Å². The van der Waals surface area contributed by atoms with Crippen molar-refractivity contribution < 1.29 is 13.9 Å². The highest BCUT2D eigenvalue weighted by Gasteiger charge is 2.08. The fraction of sp³-hybridized carbons (Fsp3) is 0.100. The van der Waals surface area contributed by atoms with E-state index in [1.807, 2.05) is 31.2 Å². The molecule has 1 aromatic heterocycles. The number of hydrazone groups is 1. The summed E-state index contributed by atoms with van der Waals surface area (Å²) in [5.74, 6) is 1.65. The van der Waals surface area contributed by atoms with Crippen molar-refractivity contribution in [3.8, 4) is 17.1 Å². The summed E-state index contributed by atoms with van der Waals surface area (Å²) >= 11 is 3.54. The number of methoxy groups -OCH3 is 1. The maximum atomic E-state index is 12.0. The Kier molecular flexibility index (Phi) is 5.53. The molecule has 3 rings (SSSR count). The zero-order valence-electron chi connectivity index (χ0n) is 14.3. The molecule has 132 valence electrons. The normalized spacial score (nSPS) is 10.9. The first-order chi connectivity index (χ1) is 12.6. The average molecular weight is 413 g/mol. The SMILES string of the molecule is COc1ccc(C(=O)N/N=C\c2ccc(-c3ccc(C)cc3Br)o2)cc1. The van der Waals surface area contributed by atoms with Gasteiger partial charge in [-0.3, -0.25) is 4.79 Å². The number of aryl methyl sites for hydroxylation is 1. The number of carbonyl (C=O) groups is 1. The highest BCUT2D eigenvalue weighted by atomic mass is 79.9. The minimum Gasteiger partial charge on any atom is -0.497 e. The first-order valence-corrected chi connectivity index (χ1v) is 8.70. The number of ether oxygens (including phenoxy) is 1. The second-order valence-electron chi connectivity index (χ2n) is 5.61. The molecule has 0 saturated heterocycles. The summed E-state index contributed by atoms with van der Waals surface area (Å²) in [6.07, 6.45) is 1.47. The Morgan fingerprint density at radius 2 is 1.92 bits per heavy atom. The molecule has 0 atom stereocenters. The third-order valence-electron chi connectivity index (χ3n) is 3.73. The number of carbonyl (C=O) groups excluding carboxylic acids is 1. The third-order valence-corrected chi connectivity index (χ3v) is 4.38. The smallest absolute Gasteiger partial charge is 0.271 e.